The summed E-state index contributed by atoms with van der Waals surface area (Å²) in [5.74, 6) is -0.716. The fourth-order valence-corrected chi connectivity index (χ4v) is 3.65. The van der Waals surface area contributed by atoms with Crippen molar-refractivity contribution in [3.63, 3.8) is 0 Å². The van der Waals surface area contributed by atoms with E-state index >= 15 is 0 Å². The lowest BCUT2D eigenvalue weighted by molar-refractivity contribution is 0.0524. The maximum absolute atomic E-state index is 12.5. The molecule has 0 aliphatic heterocycles. The number of esters is 1. The van der Waals surface area contributed by atoms with Crippen LogP contribution in [-0.4, -0.2) is 21.0 Å². The monoisotopic (exact) mass is 318 g/mol. The SMILES string of the molecule is CCOC(=O)c1c(C)cccc1CS(=O)(=O)c1ccccc1. The predicted molar refractivity (Wildman–Crippen MR) is 84.5 cm³/mol. The molecule has 0 radical (unpaired) electrons. The molecule has 0 aliphatic rings. The highest BCUT2D eigenvalue weighted by atomic mass is 32.2. The zero-order chi connectivity index (χ0) is 16.2. The van der Waals surface area contributed by atoms with Gasteiger partial charge < -0.3 is 4.74 Å². The largest absolute Gasteiger partial charge is 0.462 e. The van der Waals surface area contributed by atoms with Crippen LogP contribution in [0.5, 0.6) is 0 Å². The molecule has 5 heteroatoms. The fraction of sp³-hybridized carbons (Fsp3) is 0.235. The molecule has 4 nitrogen and oxygen atoms in total. The molecule has 2 rings (SSSR count). The number of carbonyl (C=O) groups is 1. The van der Waals surface area contributed by atoms with Crippen molar-refractivity contribution < 1.29 is 17.9 Å². The Morgan fingerprint density at radius 3 is 2.36 bits per heavy atom. The van der Waals surface area contributed by atoms with Gasteiger partial charge in [0.1, 0.15) is 0 Å². The van der Waals surface area contributed by atoms with Crippen molar-refractivity contribution in [2.24, 2.45) is 0 Å². The van der Waals surface area contributed by atoms with E-state index in [9.17, 15) is 13.2 Å². The third-order valence-electron chi connectivity index (χ3n) is 3.29. The molecule has 0 aliphatic carbocycles. The van der Waals surface area contributed by atoms with Gasteiger partial charge in [0.2, 0.25) is 0 Å². The number of ether oxygens (including phenoxy) is 1. The second kappa shape index (κ2) is 6.75. The molecule has 2 aromatic rings. The quantitative estimate of drug-likeness (QED) is 0.795. The third-order valence-corrected chi connectivity index (χ3v) is 4.97. The second-order valence-electron chi connectivity index (χ2n) is 4.90. The van der Waals surface area contributed by atoms with Gasteiger partial charge in [-0.1, -0.05) is 36.4 Å². The Morgan fingerprint density at radius 1 is 1.05 bits per heavy atom. The zero-order valence-corrected chi connectivity index (χ0v) is 13.4. The summed E-state index contributed by atoms with van der Waals surface area (Å²) >= 11 is 0. The molecular weight excluding hydrogens is 300 g/mol. The van der Waals surface area contributed by atoms with E-state index in [2.05, 4.69) is 0 Å². The molecule has 0 heterocycles. The molecule has 0 saturated carbocycles. The lowest BCUT2D eigenvalue weighted by Gasteiger charge is -2.12. The molecule has 0 unspecified atom stereocenters. The first-order chi connectivity index (χ1) is 10.5. The van der Waals surface area contributed by atoms with Crippen molar-refractivity contribution in [2.75, 3.05) is 6.61 Å². The molecule has 0 N–H and O–H groups in total. The first kappa shape index (κ1) is 16.2. The summed E-state index contributed by atoms with van der Waals surface area (Å²) in [6, 6.07) is 13.4. The fourth-order valence-electron chi connectivity index (χ4n) is 2.26. The molecule has 0 aromatic heterocycles. The minimum atomic E-state index is -3.51. The van der Waals surface area contributed by atoms with E-state index in [-0.39, 0.29) is 17.3 Å². The Bertz CT molecular complexity index is 765. The van der Waals surface area contributed by atoms with Crippen molar-refractivity contribution in [3.05, 3.63) is 65.2 Å². The van der Waals surface area contributed by atoms with E-state index in [1.54, 1.807) is 62.4 Å². The number of sulfone groups is 1. The van der Waals surface area contributed by atoms with Crippen LogP contribution < -0.4 is 0 Å². The first-order valence-electron chi connectivity index (χ1n) is 6.99. The second-order valence-corrected chi connectivity index (χ2v) is 6.89. The highest BCUT2D eigenvalue weighted by Gasteiger charge is 2.21. The topological polar surface area (TPSA) is 60.4 Å². The van der Waals surface area contributed by atoms with Crippen LogP contribution >= 0.6 is 0 Å². The summed E-state index contributed by atoms with van der Waals surface area (Å²) in [6.45, 7) is 3.74. The summed E-state index contributed by atoms with van der Waals surface area (Å²) in [5, 5.41) is 0. The standard InChI is InChI=1S/C17H18O4S/c1-3-21-17(18)16-13(2)8-7-9-14(16)12-22(19,20)15-10-5-4-6-11-15/h4-11H,3,12H2,1-2H3. The Balaban J connectivity index is 2.42. The number of benzene rings is 2. The average molecular weight is 318 g/mol. The lowest BCUT2D eigenvalue weighted by Crippen LogP contribution is -2.13. The Kier molecular flexibility index (Phi) is 4.98. The Labute approximate surface area is 130 Å². The van der Waals surface area contributed by atoms with Crippen molar-refractivity contribution >= 4 is 15.8 Å². The number of aryl methyl sites for hydroxylation is 1. The van der Waals surface area contributed by atoms with Gasteiger partial charge in [-0.05, 0) is 37.1 Å². The van der Waals surface area contributed by atoms with Gasteiger partial charge in [-0.3, -0.25) is 0 Å². The van der Waals surface area contributed by atoms with Crippen LogP contribution in [0.1, 0.15) is 28.4 Å². The van der Waals surface area contributed by atoms with E-state index in [4.69, 9.17) is 4.74 Å². The highest BCUT2D eigenvalue weighted by molar-refractivity contribution is 7.90. The van der Waals surface area contributed by atoms with Crippen LogP contribution in [0, 0.1) is 6.92 Å². The van der Waals surface area contributed by atoms with E-state index in [0.717, 1.165) is 0 Å². The van der Waals surface area contributed by atoms with Crippen molar-refractivity contribution in [2.45, 2.75) is 24.5 Å². The van der Waals surface area contributed by atoms with Gasteiger partial charge in [-0.2, -0.15) is 0 Å². The number of hydrogen-bond donors (Lipinski definition) is 0. The molecule has 22 heavy (non-hydrogen) atoms. The molecule has 0 spiro atoms. The molecule has 2 aromatic carbocycles. The van der Waals surface area contributed by atoms with Crippen LogP contribution in [0.15, 0.2) is 53.4 Å². The summed E-state index contributed by atoms with van der Waals surface area (Å²) < 4.78 is 30.0. The van der Waals surface area contributed by atoms with Crippen LogP contribution in [0.2, 0.25) is 0 Å². The van der Waals surface area contributed by atoms with E-state index in [1.807, 2.05) is 0 Å². The highest BCUT2D eigenvalue weighted by Crippen LogP contribution is 2.22. The molecule has 0 amide bonds. The average Bonchev–Trinajstić information content (AvgIpc) is 2.48. The number of rotatable bonds is 5. The number of carbonyl (C=O) groups excluding carboxylic acids is 1. The van der Waals surface area contributed by atoms with E-state index in [0.29, 0.717) is 16.7 Å². The van der Waals surface area contributed by atoms with Gasteiger partial charge in [0, 0.05) is 0 Å². The lowest BCUT2D eigenvalue weighted by atomic mass is 10.0. The smallest absolute Gasteiger partial charge is 0.338 e. The molecule has 0 fully saturated rings. The van der Waals surface area contributed by atoms with Gasteiger partial charge in [0.25, 0.3) is 0 Å². The van der Waals surface area contributed by atoms with Crippen molar-refractivity contribution in [3.8, 4) is 0 Å². The first-order valence-corrected chi connectivity index (χ1v) is 8.64. The van der Waals surface area contributed by atoms with Crippen molar-refractivity contribution in [1.82, 2.24) is 0 Å². The van der Waals surface area contributed by atoms with Crippen LogP contribution in [0.25, 0.3) is 0 Å². The molecule has 0 bridgehead atoms. The maximum Gasteiger partial charge on any atom is 0.338 e. The van der Waals surface area contributed by atoms with Gasteiger partial charge in [-0.25, -0.2) is 13.2 Å². The Hall–Kier alpha value is -2.14. The zero-order valence-electron chi connectivity index (χ0n) is 12.6. The normalized spacial score (nSPS) is 11.2. The minimum Gasteiger partial charge on any atom is -0.462 e. The Morgan fingerprint density at radius 2 is 1.73 bits per heavy atom. The van der Waals surface area contributed by atoms with Gasteiger partial charge in [-0.15, -0.1) is 0 Å². The third kappa shape index (κ3) is 3.54. The van der Waals surface area contributed by atoms with E-state index < -0.39 is 15.8 Å². The van der Waals surface area contributed by atoms with Crippen LogP contribution in [0.3, 0.4) is 0 Å². The van der Waals surface area contributed by atoms with Gasteiger partial charge in [0.15, 0.2) is 9.84 Å². The summed E-state index contributed by atoms with van der Waals surface area (Å²) in [6.07, 6.45) is 0. The summed E-state index contributed by atoms with van der Waals surface area (Å²) in [7, 11) is -3.51. The summed E-state index contributed by atoms with van der Waals surface area (Å²) in [5.41, 5.74) is 1.50. The molecule has 116 valence electrons. The molecular formula is C17H18O4S. The summed E-state index contributed by atoms with van der Waals surface area (Å²) in [4.78, 5) is 12.3. The van der Waals surface area contributed by atoms with Gasteiger partial charge in [0.05, 0.1) is 22.8 Å². The maximum atomic E-state index is 12.5. The van der Waals surface area contributed by atoms with Gasteiger partial charge >= 0.3 is 5.97 Å². The molecule has 0 atom stereocenters. The minimum absolute atomic E-state index is 0.229. The van der Waals surface area contributed by atoms with Crippen molar-refractivity contribution in [1.29, 1.82) is 0 Å². The van der Waals surface area contributed by atoms with Crippen LogP contribution in [-0.2, 0) is 20.3 Å². The van der Waals surface area contributed by atoms with Crippen LogP contribution in [0.4, 0.5) is 0 Å². The van der Waals surface area contributed by atoms with E-state index in [1.165, 1.54) is 0 Å². The predicted octanol–water partition coefficient (Wildman–Crippen LogP) is 3.15. The number of hydrogen-bond acceptors (Lipinski definition) is 4. The molecule has 0 saturated heterocycles.